The topological polar surface area (TPSA) is 30.5 Å². The third-order valence-electron chi connectivity index (χ3n) is 2.72. The van der Waals surface area contributed by atoms with E-state index in [9.17, 15) is 4.39 Å². The largest absolute Gasteiger partial charge is 0.496 e. The SMILES string of the molecule is COc1cc(Br)c(OCCNc2cccc(F)c2)cc1Br. The van der Waals surface area contributed by atoms with Crippen molar-refractivity contribution in [1.29, 1.82) is 0 Å². The number of hydrogen-bond acceptors (Lipinski definition) is 3. The van der Waals surface area contributed by atoms with Crippen molar-refractivity contribution in [3.05, 3.63) is 51.2 Å². The summed E-state index contributed by atoms with van der Waals surface area (Å²) < 4.78 is 25.5. The number of anilines is 1. The van der Waals surface area contributed by atoms with Crippen molar-refractivity contribution < 1.29 is 13.9 Å². The van der Waals surface area contributed by atoms with E-state index in [0.717, 1.165) is 20.4 Å². The molecule has 1 N–H and O–H groups in total. The maximum atomic E-state index is 13.0. The van der Waals surface area contributed by atoms with Gasteiger partial charge < -0.3 is 14.8 Å². The van der Waals surface area contributed by atoms with E-state index >= 15 is 0 Å². The molecular weight excluding hydrogens is 405 g/mol. The Bertz CT molecular complexity index is 623. The molecule has 2 aromatic carbocycles. The lowest BCUT2D eigenvalue weighted by Gasteiger charge is -2.12. The monoisotopic (exact) mass is 417 g/mol. The Labute approximate surface area is 139 Å². The van der Waals surface area contributed by atoms with E-state index in [-0.39, 0.29) is 5.82 Å². The van der Waals surface area contributed by atoms with Gasteiger partial charge in [0.15, 0.2) is 0 Å². The molecule has 3 nitrogen and oxygen atoms in total. The molecule has 0 saturated heterocycles. The summed E-state index contributed by atoms with van der Waals surface area (Å²) in [6, 6.07) is 10.00. The van der Waals surface area contributed by atoms with Crippen molar-refractivity contribution in [2.45, 2.75) is 0 Å². The molecular formula is C15H14Br2FNO2. The highest BCUT2D eigenvalue weighted by Gasteiger charge is 2.08. The second-order valence-electron chi connectivity index (χ2n) is 4.20. The first-order chi connectivity index (χ1) is 10.1. The Kier molecular flexibility index (Phi) is 5.87. The Morgan fingerprint density at radius 2 is 1.81 bits per heavy atom. The smallest absolute Gasteiger partial charge is 0.134 e. The molecule has 0 saturated carbocycles. The molecule has 2 aromatic rings. The molecule has 0 aliphatic rings. The molecule has 0 aliphatic carbocycles. The lowest BCUT2D eigenvalue weighted by atomic mass is 10.3. The van der Waals surface area contributed by atoms with Gasteiger partial charge in [-0.1, -0.05) is 6.07 Å². The van der Waals surface area contributed by atoms with Gasteiger partial charge in [0.25, 0.3) is 0 Å². The van der Waals surface area contributed by atoms with Crippen molar-refractivity contribution >= 4 is 37.5 Å². The van der Waals surface area contributed by atoms with Crippen LogP contribution in [0.5, 0.6) is 11.5 Å². The van der Waals surface area contributed by atoms with Crippen molar-refractivity contribution in [2.24, 2.45) is 0 Å². The van der Waals surface area contributed by atoms with Gasteiger partial charge >= 0.3 is 0 Å². The summed E-state index contributed by atoms with van der Waals surface area (Å²) >= 11 is 6.84. The second kappa shape index (κ2) is 7.66. The van der Waals surface area contributed by atoms with E-state index in [1.165, 1.54) is 12.1 Å². The van der Waals surface area contributed by atoms with Gasteiger partial charge in [0.05, 0.1) is 16.1 Å². The molecule has 6 heteroatoms. The molecule has 0 unspecified atom stereocenters. The summed E-state index contributed by atoms with van der Waals surface area (Å²) in [5.74, 6) is 1.18. The third-order valence-corrected chi connectivity index (χ3v) is 3.96. The standard InChI is InChI=1S/C15H14Br2FNO2/c1-20-14-8-13(17)15(9-12(14)16)21-6-5-19-11-4-2-3-10(18)7-11/h2-4,7-9,19H,5-6H2,1H3. The van der Waals surface area contributed by atoms with E-state index in [0.29, 0.717) is 18.9 Å². The van der Waals surface area contributed by atoms with Gasteiger partial charge in [0, 0.05) is 12.2 Å². The van der Waals surface area contributed by atoms with E-state index in [1.54, 1.807) is 13.2 Å². The number of methoxy groups -OCH3 is 1. The van der Waals surface area contributed by atoms with E-state index in [2.05, 4.69) is 37.2 Å². The first-order valence-corrected chi connectivity index (χ1v) is 7.84. The van der Waals surface area contributed by atoms with Crippen LogP contribution >= 0.6 is 31.9 Å². The van der Waals surface area contributed by atoms with Crippen LogP contribution in [0.25, 0.3) is 0 Å². The molecule has 0 radical (unpaired) electrons. The fourth-order valence-electron chi connectivity index (χ4n) is 1.73. The van der Waals surface area contributed by atoms with Crippen LogP contribution in [-0.2, 0) is 0 Å². The minimum absolute atomic E-state index is 0.261. The number of nitrogens with one attached hydrogen (secondary N) is 1. The summed E-state index contributed by atoms with van der Waals surface area (Å²) in [5.41, 5.74) is 0.730. The molecule has 0 heterocycles. The molecule has 0 aromatic heterocycles. The van der Waals surface area contributed by atoms with Gasteiger partial charge in [-0.15, -0.1) is 0 Å². The summed E-state index contributed by atoms with van der Waals surface area (Å²) in [5, 5.41) is 3.10. The molecule has 0 atom stereocenters. The molecule has 112 valence electrons. The fraction of sp³-hybridized carbons (Fsp3) is 0.200. The molecule has 0 spiro atoms. The van der Waals surface area contributed by atoms with Gasteiger partial charge in [-0.2, -0.15) is 0 Å². The van der Waals surface area contributed by atoms with Crippen LogP contribution < -0.4 is 14.8 Å². The number of rotatable bonds is 6. The first-order valence-electron chi connectivity index (χ1n) is 6.25. The number of ether oxygens (including phenoxy) is 2. The van der Waals surface area contributed by atoms with Crippen LogP contribution in [0.3, 0.4) is 0 Å². The third kappa shape index (κ3) is 4.61. The summed E-state index contributed by atoms with van der Waals surface area (Å²) in [6.07, 6.45) is 0. The van der Waals surface area contributed by atoms with Crippen LogP contribution in [0.2, 0.25) is 0 Å². The normalized spacial score (nSPS) is 10.3. The van der Waals surface area contributed by atoms with Crippen LogP contribution in [0, 0.1) is 5.82 Å². The highest BCUT2D eigenvalue weighted by Crippen LogP contribution is 2.35. The van der Waals surface area contributed by atoms with Gasteiger partial charge in [0.1, 0.15) is 23.9 Å². The zero-order valence-electron chi connectivity index (χ0n) is 11.3. The van der Waals surface area contributed by atoms with Crippen LogP contribution in [0.1, 0.15) is 0 Å². The fourth-order valence-corrected chi connectivity index (χ4v) is 2.65. The Hall–Kier alpha value is -1.27. The van der Waals surface area contributed by atoms with Crippen molar-refractivity contribution in [3.8, 4) is 11.5 Å². The zero-order valence-corrected chi connectivity index (χ0v) is 14.5. The lowest BCUT2D eigenvalue weighted by Crippen LogP contribution is -2.11. The second-order valence-corrected chi connectivity index (χ2v) is 5.91. The maximum absolute atomic E-state index is 13.0. The summed E-state index contributed by atoms with van der Waals surface area (Å²) in [7, 11) is 1.61. The number of hydrogen-bond donors (Lipinski definition) is 1. The quantitative estimate of drug-likeness (QED) is 0.680. The summed E-state index contributed by atoms with van der Waals surface area (Å²) in [6.45, 7) is 1.02. The van der Waals surface area contributed by atoms with E-state index in [1.807, 2.05) is 18.2 Å². The van der Waals surface area contributed by atoms with Crippen molar-refractivity contribution in [2.75, 3.05) is 25.6 Å². The molecule has 0 amide bonds. The zero-order chi connectivity index (χ0) is 15.2. The van der Waals surface area contributed by atoms with Gasteiger partial charge in [-0.25, -0.2) is 4.39 Å². The van der Waals surface area contributed by atoms with Crippen molar-refractivity contribution in [1.82, 2.24) is 0 Å². The predicted molar refractivity (Wildman–Crippen MR) is 88.8 cm³/mol. The Balaban J connectivity index is 1.88. The average Bonchev–Trinajstić information content (AvgIpc) is 2.46. The average molecular weight is 419 g/mol. The van der Waals surface area contributed by atoms with Gasteiger partial charge in [-0.3, -0.25) is 0 Å². The van der Waals surface area contributed by atoms with Crippen molar-refractivity contribution in [3.63, 3.8) is 0 Å². The molecule has 0 bridgehead atoms. The molecule has 0 fully saturated rings. The Morgan fingerprint density at radius 1 is 1.10 bits per heavy atom. The molecule has 2 rings (SSSR count). The minimum Gasteiger partial charge on any atom is -0.496 e. The van der Waals surface area contributed by atoms with Crippen LogP contribution in [0.4, 0.5) is 10.1 Å². The maximum Gasteiger partial charge on any atom is 0.134 e. The lowest BCUT2D eigenvalue weighted by molar-refractivity contribution is 0.329. The van der Waals surface area contributed by atoms with E-state index < -0.39 is 0 Å². The molecule has 0 aliphatic heterocycles. The van der Waals surface area contributed by atoms with Crippen LogP contribution in [0.15, 0.2) is 45.3 Å². The van der Waals surface area contributed by atoms with E-state index in [4.69, 9.17) is 9.47 Å². The van der Waals surface area contributed by atoms with Crippen LogP contribution in [-0.4, -0.2) is 20.3 Å². The summed E-state index contributed by atoms with van der Waals surface area (Å²) in [4.78, 5) is 0. The number of benzene rings is 2. The minimum atomic E-state index is -0.261. The molecule has 21 heavy (non-hydrogen) atoms. The van der Waals surface area contributed by atoms with Gasteiger partial charge in [-0.05, 0) is 62.2 Å². The first kappa shape index (κ1) is 16.1. The van der Waals surface area contributed by atoms with Gasteiger partial charge in [0.2, 0.25) is 0 Å². The number of halogens is 3. The Morgan fingerprint density at radius 3 is 2.52 bits per heavy atom. The highest BCUT2D eigenvalue weighted by atomic mass is 79.9. The predicted octanol–water partition coefficient (Wildman–Crippen LogP) is 4.85. The highest BCUT2D eigenvalue weighted by molar-refractivity contribution is 9.11.